The lowest BCUT2D eigenvalue weighted by atomic mass is 10.1. The molecule has 0 aliphatic rings. The van der Waals surface area contributed by atoms with Crippen LogP contribution in [0, 0.1) is 6.92 Å². The SMILES string of the molecule is Cc1cc(NC(=O)COc2ccc3cc(Br)ccc3c2)ccc1-n1cnnn1. The fraction of sp³-hybridized carbons (Fsp3) is 0.100. The first-order valence-electron chi connectivity index (χ1n) is 8.54. The van der Waals surface area contributed by atoms with Gasteiger partial charge in [-0.25, -0.2) is 4.68 Å². The predicted molar refractivity (Wildman–Crippen MR) is 110 cm³/mol. The number of tetrazole rings is 1. The molecule has 0 atom stereocenters. The van der Waals surface area contributed by atoms with Crippen molar-refractivity contribution in [2.24, 2.45) is 0 Å². The standard InChI is InChI=1S/C20H16BrN5O2/c1-13-8-17(5-7-19(13)26-12-22-24-25-26)23-20(27)11-28-18-6-3-14-9-16(21)4-2-15(14)10-18/h2-10,12H,11H2,1H3,(H,23,27). The van der Waals surface area contributed by atoms with Crippen molar-refractivity contribution in [3.8, 4) is 11.4 Å². The third-order valence-electron chi connectivity index (χ3n) is 4.22. The summed E-state index contributed by atoms with van der Waals surface area (Å²) in [6, 6.07) is 17.3. The molecule has 140 valence electrons. The third kappa shape index (κ3) is 4.01. The molecule has 1 N–H and O–H groups in total. The van der Waals surface area contributed by atoms with Crippen molar-refractivity contribution in [3.63, 3.8) is 0 Å². The fourth-order valence-corrected chi connectivity index (χ4v) is 3.27. The van der Waals surface area contributed by atoms with Gasteiger partial charge in [0, 0.05) is 10.2 Å². The van der Waals surface area contributed by atoms with Crippen molar-refractivity contribution in [1.29, 1.82) is 0 Å². The second-order valence-electron chi connectivity index (χ2n) is 6.25. The van der Waals surface area contributed by atoms with Gasteiger partial charge in [-0.3, -0.25) is 4.79 Å². The maximum atomic E-state index is 12.2. The van der Waals surface area contributed by atoms with Crippen molar-refractivity contribution < 1.29 is 9.53 Å². The molecule has 1 amide bonds. The summed E-state index contributed by atoms with van der Waals surface area (Å²) in [5, 5.41) is 16.1. The lowest BCUT2D eigenvalue weighted by Gasteiger charge is -2.10. The molecular formula is C20H16BrN5O2. The van der Waals surface area contributed by atoms with E-state index in [1.807, 2.05) is 55.5 Å². The van der Waals surface area contributed by atoms with E-state index in [0.717, 1.165) is 26.5 Å². The number of carbonyl (C=O) groups is 1. The molecule has 0 saturated heterocycles. The Hall–Kier alpha value is -3.26. The van der Waals surface area contributed by atoms with E-state index in [2.05, 4.69) is 36.8 Å². The van der Waals surface area contributed by atoms with E-state index in [4.69, 9.17) is 4.74 Å². The number of nitrogens with one attached hydrogen (secondary N) is 1. The smallest absolute Gasteiger partial charge is 0.262 e. The maximum absolute atomic E-state index is 12.2. The normalized spacial score (nSPS) is 10.8. The Labute approximate surface area is 169 Å². The molecule has 4 aromatic rings. The van der Waals surface area contributed by atoms with Gasteiger partial charge in [-0.2, -0.15) is 0 Å². The average Bonchev–Trinajstić information content (AvgIpc) is 3.21. The predicted octanol–water partition coefficient (Wildman–Crippen LogP) is 3.90. The van der Waals surface area contributed by atoms with Gasteiger partial charge in [0.05, 0.1) is 5.69 Å². The molecule has 3 aromatic carbocycles. The monoisotopic (exact) mass is 437 g/mol. The molecule has 0 saturated carbocycles. The zero-order valence-electron chi connectivity index (χ0n) is 15.0. The van der Waals surface area contributed by atoms with Crippen molar-refractivity contribution in [2.45, 2.75) is 6.92 Å². The first-order valence-corrected chi connectivity index (χ1v) is 9.34. The minimum atomic E-state index is -0.231. The number of aromatic nitrogens is 4. The Morgan fingerprint density at radius 1 is 1.11 bits per heavy atom. The number of ether oxygens (including phenoxy) is 1. The van der Waals surface area contributed by atoms with Crippen molar-refractivity contribution in [1.82, 2.24) is 20.2 Å². The topological polar surface area (TPSA) is 81.9 Å². The molecule has 0 aliphatic carbocycles. The van der Waals surface area contributed by atoms with Gasteiger partial charge in [0.25, 0.3) is 5.91 Å². The number of hydrogen-bond donors (Lipinski definition) is 1. The molecule has 0 radical (unpaired) electrons. The van der Waals surface area contributed by atoms with Crippen LogP contribution in [0.25, 0.3) is 16.5 Å². The first-order chi connectivity index (χ1) is 13.6. The van der Waals surface area contributed by atoms with E-state index in [0.29, 0.717) is 11.4 Å². The summed E-state index contributed by atoms with van der Waals surface area (Å²) >= 11 is 3.46. The van der Waals surface area contributed by atoms with E-state index in [-0.39, 0.29) is 12.5 Å². The Balaban J connectivity index is 1.39. The number of fused-ring (bicyclic) bond motifs is 1. The lowest BCUT2D eigenvalue weighted by molar-refractivity contribution is -0.118. The van der Waals surface area contributed by atoms with Gasteiger partial charge < -0.3 is 10.1 Å². The first kappa shape index (κ1) is 18.1. The summed E-state index contributed by atoms with van der Waals surface area (Å²) in [5.41, 5.74) is 2.47. The van der Waals surface area contributed by atoms with Crippen LogP contribution < -0.4 is 10.1 Å². The summed E-state index contributed by atoms with van der Waals surface area (Å²) in [6.07, 6.45) is 1.52. The van der Waals surface area contributed by atoms with Gasteiger partial charge >= 0.3 is 0 Å². The highest BCUT2D eigenvalue weighted by Gasteiger charge is 2.08. The second kappa shape index (κ2) is 7.77. The van der Waals surface area contributed by atoms with Crippen LogP contribution in [0.1, 0.15) is 5.56 Å². The Bertz CT molecular complexity index is 1140. The van der Waals surface area contributed by atoms with E-state index in [9.17, 15) is 4.79 Å². The number of aryl methyl sites for hydroxylation is 1. The second-order valence-corrected chi connectivity index (χ2v) is 7.16. The number of benzene rings is 3. The minimum absolute atomic E-state index is 0.0736. The lowest BCUT2D eigenvalue weighted by Crippen LogP contribution is -2.20. The van der Waals surface area contributed by atoms with Gasteiger partial charge in [-0.1, -0.05) is 28.1 Å². The molecule has 28 heavy (non-hydrogen) atoms. The number of carbonyl (C=O) groups excluding carboxylic acids is 1. The van der Waals surface area contributed by atoms with Crippen LogP contribution in [-0.2, 0) is 4.79 Å². The quantitative estimate of drug-likeness (QED) is 0.511. The molecule has 1 heterocycles. The molecular weight excluding hydrogens is 422 g/mol. The van der Waals surface area contributed by atoms with Crippen molar-refractivity contribution >= 4 is 38.3 Å². The number of rotatable bonds is 5. The summed E-state index contributed by atoms with van der Waals surface area (Å²) in [5.74, 6) is 0.417. The molecule has 0 bridgehead atoms. The van der Waals surface area contributed by atoms with Gasteiger partial charge in [0.1, 0.15) is 12.1 Å². The number of hydrogen-bond acceptors (Lipinski definition) is 5. The van der Waals surface area contributed by atoms with Gasteiger partial charge in [-0.05, 0) is 76.2 Å². The van der Waals surface area contributed by atoms with Crippen LogP contribution >= 0.6 is 15.9 Å². The molecule has 7 nitrogen and oxygen atoms in total. The summed E-state index contributed by atoms with van der Waals surface area (Å²) in [7, 11) is 0. The summed E-state index contributed by atoms with van der Waals surface area (Å²) < 4.78 is 8.23. The van der Waals surface area contributed by atoms with Gasteiger partial charge in [0.2, 0.25) is 0 Å². The molecule has 4 rings (SSSR count). The van der Waals surface area contributed by atoms with Crippen LogP contribution in [0.4, 0.5) is 5.69 Å². The highest BCUT2D eigenvalue weighted by atomic mass is 79.9. The van der Waals surface area contributed by atoms with E-state index >= 15 is 0 Å². The maximum Gasteiger partial charge on any atom is 0.262 e. The zero-order chi connectivity index (χ0) is 19.5. The molecule has 0 spiro atoms. The fourth-order valence-electron chi connectivity index (χ4n) is 2.89. The highest BCUT2D eigenvalue weighted by molar-refractivity contribution is 9.10. The minimum Gasteiger partial charge on any atom is -0.484 e. The molecule has 0 aliphatic heterocycles. The van der Waals surface area contributed by atoms with Gasteiger partial charge in [0.15, 0.2) is 6.61 Å². The highest BCUT2D eigenvalue weighted by Crippen LogP contribution is 2.24. The average molecular weight is 438 g/mol. The number of nitrogens with zero attached hydrogens (tertiary/aromatic N) is 4. The van der Waals surface area contributed by atoms with Crippen molar-refractivity contribution in [2.75, 3.05) is 11.9 Å². The van der Waals surface area contributed by atoms with Crippen molar-refractivity contribution in [3.05, 3.63) is 71.0 Å². The van der Waals surface area contributed by atoms with Crippen LogP contribution in [0.5, 0.6) is 5.75 Å². The summed E-state index contributed by atoms with van der Waals surface area (Å²) in [4.78, 5) is 12.2. The van der Waals surface area contributed by atoms with Crippen LogP contribution in [0.3, 0.4) is 0 Å². The van der Waals surface area contributed by atoms with E-state index < -0.39 is 0 Å². The van der Waals surface area contributed by atoms with Crippen LogP contribution in [0.15, 0.2) is 65.4 Å². The molecule has 0 fully saturated rings. The van der Waals surface area contributed by atoms with Crippen LogP contribution in [-0.4, -0.2) is 32.7 Å². The van der Waals surface area contributed by atoms with E-state index in [1.165, 1.54) is 6.33 Å². The molecule has 8 heteroatoms. The Morgan fingerprint density at radius 2 is 1.93 bits per heavy atom. The third-order valence-corrected chi connectivity index (χ3v) is 4.71. The number of anilines is 1. The zero-order valence-corrected chi connectivity index (χ0v) is 16.5. The summed E-state index contributed by atoms with van der Waals surface area (Å²) in [6.45, 7) is 1.85. The van der Waals surface area contributed by atoms with E-state index in [1.54, 1.807) is 10.7 Å². The Kier molecular flexibility index (Phi) is 5.03. The molecule has 0 unspecified atom stereocenters. The Morgan fingerprint density at radius 3 is 2.71 bits per heavy atom. The van der Waals surface area contributed by atoms with Gasteiger partial charge in [-0.15, -0.1) is 5.10 Å². The number of halogens is 1. The van der Waals surface area contributed by atoms with Crippen LogP contribution in [0.2, 0.25) is 0 Å². The molecule has 1 aromatic heterocycles. The largest absolute Gasteiger partial charge is 0.484 e. The number of amides is 1.